The summed E-state index contributed by atoms with van der Waals surface area (Å²) in [5, 5.41) is 3.32. The number of ether oxygens (including phenoxy) is 1. The molecule has 1 rings (SSSR count). The van der Waals surface area contributed by atoms with Crippen LogP contribution in [0.3, 0.4) is 0 Å². The quantitative estimate of drug-likeness (QED) is 0.783. The van der Waals surface area contributed by atoms with Crippen LogP contribution in [-0.4, -0.2) is 25.8 Å². The van der Waals surface area contributed by atoms with Crippen LogP contribution in [0.25, 0.3) is 0 Å². The Morgan fingerprint density at radius 1 is 1.26 bits per heavy atom. The van der Waals surface area contributed by atoms with Crippen LogP contribution in [0.15, 0.2) is 18.2 Å². The highest BCUT2D eigenvalue weighted by Crippen LogP contribution is 2.16. The molecule has 0 saturated heterocycles. The Kier molecular flexibility index (Phi) is 6.95. The number of likely N-dealkylation sites (N-methyl/N-ethyl adjacent to an activating group) is 1. The van der Waals surface area contributed by atoms with Gasteiger partial charge in [0.05, 0.1) is 6.10 Å². The van der Waals surface area contributed by atoms with Gasteiger partial charge in [-0.15, -0.1) is 0 Å². The summed E-state index contributed by atoms with van der Waals surface area (Å²) in [6.07, 6.45) is 2.45. The van der Waals surface area contributed by atoms with Gasteiger partial charge in [0, 0.05) is 19.2 Å². The minimum absolute atomic E-state index is 0.0365. The lowest BCUT2D eigenvalue weighted by molar-refractivity contribution is 0.0611. The molecule has 0 aliphatic heterocycles. The predicted molar refractivity (Wildman–Crippen MR) is 73.2 cm³/mol. The average Bonchev–Trinajstić information content (AvgIpc) is 2.38. The summed E-state index contributed by atoms with van der Waals surface area (Å²) >= 11 is 0. The molecule has 1 aromatic rings. The van der Waals surface area contributed by atoms with Gasteiger partial charge >= 0.3 is 0 Å². The molecule has 4 heteroatoms. The number of benzene rings is 1. The van der Waals surface area contributed by atoms with Gasteiger partial charge in [0.2, 0.25) is 0 Å². The van der Waals surface area contributed by atoms with Gasteiger partial charge in [-0.3, -0.25) is 0 Å². The van der Waals surface area contributed by atoms with Gasteiger partial charge in [-0.25, -0.2) is 8.78 Å². The Hall–Kier alpha value is -1.00. The maximum atomic E-state index is 13.7. The molecular weight excluding hydrogens is 248 g/mol. The van der Waals surface area contributed by atoms with Crippen LogP contribution in [0.5, 0.6) is 0 Å². The van der Waals surface area contributed by atoms with Crippen molar-refractivity contribution in [3.05, 3.63) is 35.4 Å². The van der Waals surface area contributed by atoms with Crippen molar-refractivity contribution >= 4 is 0 Å². The molecule has 0 radical (unpaired) electrons. The molecular formula is C15H23F2NO. The first kappa shape index (κ1) is 16.1. The summed E-state index contributed by atoms with van der Waals surface area (Å²) in [5.74, 6) is -1.03. The zero-order chi connectivity index (χ0) is 14.3. The number of hydrogen-bond acceptors (Lipinski definition) is 2. The average molecular weight is 271 g/mol. The van der Waals surface area contributed by atoms with Crippen LogP contribution in [0.4, 0.5) is 8.78 Å². The molecule has 0 saturated carbocycles. The fourth-order valence-electron chi connectivity index (χ4n) is 2.29. The molecule has 0 amide bonds. The summed E-state index contributed by atoms with van der Waals surface area (Å²) in [5.41, 5.74) is 0.519. The second-order valence-corrected chi connectivity index (χ2v) is 4.67. The maximum absolute atomic E-state index is 13.7. The Bertz CT molecular complexity index is 384. The van der Waals surface area contributed by atoms with Crippen LogP contribution in [0.1, 0.15) is 32.3 Å². The van der Waals surface area contributed by atoms with Crippen molar-refractivity contribution in [3.8, 4) is 0 Å². The third kappa shape index (κ3) is 4.88. The molecule has 1 aromatic carbocycles. The van der Waals surface area contributed by atoms with E-state index in [9.17, 15) is 8.78 Å². The fourth-order valence-corrected chi connectivity index (χ4v) is 2.29. The number of methoxy groups -OCH3 is 1. The molecule has 0 heterocycles. The number of hydrogen-bond donors (Lipinski definition) is 1. The summed E-state index contributed by atoms with van der Waals surface area (Å²) in [6, 6.07) is 3.77. The Labute approximate surface area is 114 Å². The highest BCUT2D eigenvalue weighted by atomic mass is 19.1. The van der Waals surface area contributed by atoms with E-state index in [1.165, 1.54) is 12.1 Å². The van der Waals surface area contributed by atoms with Crippen molar-refractivity contribution < 1.29 is 13.5 Å². The molecule has 1 N–H and O–H groups in total. The molecule has 2 nitrogen and oxygen atoms in total. The molecule has 0 bridgehead atoms. The van der Waals surface area contributed by atoms with Gasteiger partial charge in [0.1, 0.15) is 11.6 Å². The Morgan fingerprint density at radius 2 is 2.00 bits per heavy atom. The third-order valence-electron chi connectivity index (χ3n) is 3.25. The van der Waals surface area contributed by atoms with Gasteiger partial charge in [-0.1, -0.05) is 26.3 Å². The minimum Gasteiger partial charge on any atom is -0.380 e. The predicted octanol–water partition coefficient (Wildman–Crippen LogP) is 3.30. The van der Waals surface area contributed by atoms with Crippen molar-refractivity contribution in [2.24, 2.45) is 0 Å². The first-order chi connectivity index (χ1) is 9.12. The van der Waals surface area contributed by atoms with Gasteiger partial charge in [-0.05, 0) is 31.0 Å². The van der Waals surface area contributed by atoms with Gasteiger partial charge in [0.25, 0.3) is 0 Å². The van der Waals surface area contributed by atoms with E-state index in [0.29, 0.717) is 12.0 Å². The van der Waals surface area contributed by atoms with Crippen LogP contribution < -0.4 is 5.32 Å². The van der Waals surface area contributed by atoms with Crippen molar-refractivity contribution in [1.82, 2.24) is 5.32 Å². The largest absolute Gasteiger partial charge is 0.380 e. The van der Waals surface area contributed by atoms with E-state index in [1.807, 2.05) is 6.92 Å². The van der Waals surface area contributed by atoms with E-state index >= 15 is 0 Å². The van der Waals surface area contributed by atoms with Gasteiger partial charge in [-0.2, -0.15) is 0 Å². The number of nitrogens with one attached hydrogen (secondary N) is 1. The van der Waals surface area contributed by atoms with E-state index in [2.05, 4.69) is 12.2 Å². The van der Waals surface area contributed by atoms with Crippen molar-refractivity contribution in [2.75, 3.05) is 13.7 Å². The highest BCUT2D eigenvalue weighted by Gasteiger charge is 2.21. The van der Waals surface area contributed by atoms with E-state index in [0.717, 1.165) is 25.5 Å². The van der Waals surface area contributed by atoms with Crippen molar-refractivity contribution in [3.63, 3.8) is 0 Å². The lowest BCUT2D eigenvalue weighted by Crippen LogP contribution is -2.42. The van der Waals surface area contributed by atoms with Crippen LogP contribution >= 0.6 is 0 Å². The molecule has 0 fully saturated rings. The van der Waals surface area contributed by atoms with Crippen molar-refractivity contribution in [2.45, 2.75) is 45.3 Å². The maximum Gasteiger partial charge on any atom is 0.129 e. The molecule has 19 heavy (non-hydrogen) atoms. The summed E-state index contributed by atoms with van der Waals surface area (Å²) in [7, 11) is 1.67. The minimum atomic E-state index is -0.543. The SMILES string of the molecule is CCCC(OC)C(Cc1ccc(F)cc1F)NCC. The molecule has 2 unspecified atom stereocenters. The van der Waals surface area contributed by atoms with E-state index in [4.69, 9.17) is 4.74 Å². The molecule has 0 aromatic heterocycles. The summed E-state index contributed by atoms with van der Waals surface area (Å²) < 4.78 is 32.1. The smallest absolute Gasteiger partial charge is 0.129 e. The fraction of sp³-hybridized carbons (Fsp3) is 0.600. The Morgan fingerprint density at radius 3 is 2.53 bits per heavy atom. The van der Waals surface area contributed by atoms with Crippen molar-refractivity contribution in [1.29, 1.82) is 0 Å². The van der Waals surface area contributed by atoms with E-state index in [-0.39, 0.29) is 12.1 Å². The number of halogens is 2. The zero-order valence-electron chi connectivity index (χ0n) is 11.9. The first-order valence-corrected chi connectivity index (χ1v) is 6.82. The summed E-state index contributed by atoms with van der Waals surface area (Å²) in [6.45, 7) is 4.89. The third-order valence-corrected chi connectivity index (χ3v) is 3.25. The number of rotatable bonds is 8. The monoisotopic (exact) mass is 271 g/mol. The molecule has 2 atom stereocenters. The van der Waals surface area contributed by atoms with Crippen LogP contribution in [-0.2, 0) is 11.2 Å². The highest BCUT2D eigenvalue weighted by molar-refractivity contribution is 5.20. The molecule has 0 spiro atoms. The first-order valence-electron chi connectivity index (χ1n) is 6.82. The standard InChI is InChI=1S/C15H23F2NO/c1-4-6-15(19-3)14(18-5-2)9-11-7-8-12(16)10-13(11)17/h7-8,10,14-15,18H,4-6,9H2,1-3H3. The molecule has 0 aliphatic carbocycles. The second kappa shape index (κ2) is 8.23. The zero-order valence-corrected chi connectivity index (χ0v) is 11.9. The normalized spacial score (nSPS) is 14.4. The van der Waals surface area contributed by atoms with Crippen LogP contribution in [0, 0.1) is 11.6 Å². The second-order valence-electron chi connectivity index (χ2n) is 4.67. The summed E-state index contributed by atoms with van der Waals surface area (Å²) in [4.78, 5) is 0. The lowest BCUT2D eigenvalue weighted by Gasteiger charge is -2.27. The Balaban J connectivity index is 2.81. The molecule has 0 aliphatic rings. The molecule has 108 valence electrons. The van der Waals surface area contributed by atoms with E-state index in [1.54, 1.807) is 7.11 Å². The lowest BCUT2D eigenvalue weighted by atomic mass is 9.97. The van der Waals surface area contributed by atoms with E-state index < -0.39 is 11.6 Å². The van der Waals surface area contributed by atoms with Gasteiger partial charge in [0.15, 0.2) is 0 Å². The van der Waals surface area contributed by atoms with Gasteiger partial charge < -0.3 is 10.1 Å². The topological polar surface area (TPSA) is 21.3 Å². The van der Waals surface area contributed by atoms with Crippen LogP contribution in [0.2, 0.25) is 0 Å².